The van der Waals surface area contributed by atoms with Gasteiger partial charge in [-0.3, -0.25) is 0 Å². The van der Waals surface area contributed by atoms with E-state index in [0.29, 0.717) is 0 Å². The van der Waals surface area contributed by atoms with Crippen LogP contribution in [0.3, 0.4) is 0 Å². The second-order valence-corrected chi connectivity index (χ2v) is 10.8. The minimum absolute atomic E-state index is 0.738. The Hall–Kier alpha value is -4.13. The van der Waals surface area contributed by atoms with Gasteiger partial charge in [-0.25, -0.2) is 4.98 Å². The van der Waals surface area contributed by atoms with Gasteiger partial charge in [-0.2, -0.15) is 5.26 Å². The second-order valence-electron chi connectivity index (χ2n) is 10.4. The predicted octanol–water partition coefficient (Wildman–Crippen LogP) is 8.72. The molecule has 0 unspecified atom stereocenters. The smallest absolute Gasteiger partial charge is 0.110 e. The summed E-state index contributed by atoms with van der Waals surface area (Å²) in [7, 11) is 0. The normalized spacial score (nSPS) is 13.6. The molecule has 5 aromatic rings. The highest BCUT2D eigenvalue weighted by atomic mass is 35.5. The molecule has 0 atom stereocenters. The molecule has 1 heterocycles. The summed E-state index contributed by atoms with van der Waals surface area (Å²) in [6.45, 7) is 5.10. The fourth-order valence-electron chi connectivity index (χ4n) is 5.90. The lowest BCUT2D eigenvalue weighted by atomic mass is 9.93. The van der Waals surface area contributed by atoms with Crippen LogP contribution in [0.4, 0.5) is 0 Å². The lowest BCUT2D eigenvalue weighted by molar-refractivity contribution is 0.721. The maximum absolute atomic E-state index is 9.57. The molecular formula is C35H30ClN3. The quantitative estimate of drug-likeness (QED) is 0.214. The van der Waals surface area contributed by atoms with E-state index >= 15 is 0 Å². The number of hydrogen-bond donors (Lipinski definition) is 0. The molecule has 0 aliphatic heterocycles. The third kappa shape index (κ3) is 4.78. The summed E-state index contributed by atoms with van der Waals surface area (Å²) in [6, 6.07) is 30.0. The summed E-state index contributed by atoms with van der Waals surface area (Å²) in [4.78, 5) is 5.11. The first kappa shape index (κ1) is 25.2. The van der Waals surface area contributed by atoms with Crippen molar-refractivity contribution in [3.05, 3.63) is 129 Å². The van der Waals surface area contributed by atoms with Crippen LogP contribution in [0.25, 0.3) is 27.7 Å². The summed E-state index contributed by atoms with van der Waals surface area (Å²) in [5.41, 5.74) is 12.8. The van der Waals surface area contributed by atoms with Crippen LogP contribution in [0.5, 0.6) is 0 Å². The number of halogens is 1. The number of aryl methyl sites for hydroxylation is 4. The van der Waals surface area contributed by atoms with Crippen molar-refractivity contribution in [3.8, 4) is 17.2 Å². The van der Waals surface area contributed by atoms with Gasteiger partial charge in [0.2, 0.25) is 0 Å². The molecule has 0 radical (unpaired) electrons. The van der Waals surface area contributed by atoms with E-state index in [1.165, 1.54) is 27.8 Å². The number of imidazole rings is 1. The van der Waals surface area contributed by atoms with Crippen LogP contribution < -0.4 is 0 Å². The van der Waals surface area contributed by atoms with Crippen LogP contribution in [0, 0.1) is 18.3 Å². The molecule has 0 saturated heterocycles. The average molecular weight is 528 g/mol. The first-order valence-corrected chi connectivity index (χ1v) is 14.0. The molecule has 6 rings (SSSR count). The summed E-state index contributed by atoms with van der Waals surface area (Å²) < 4.78 is 2.39. The molecule has 4 heteroatoms. The molecule has 1 aliphatic rings. The van der Waals surface area contributed by atoms with Gasteiger partial charge in [-0.05, 0) is 101 Å². The van der Waals surface area contributed by atoms with Gasteiger partial charge in [0.05, 0.1) is 17.1 Å². The van der Waals surface area contributed by atoms with Crippen LogP contribution in [0.1, 0.15) is 52.5 Å². The Kier molecular flexibility index (Phi) is 6.81. The molecular weight excluding hydrogens is 498 g/mol. The number of aromatic nitrogens is 2. The van der Waals surface area contributed by atoms with Gasteiger partial charge in [0.25, 0.3) is 0 Å². The van der Waals surface area contributed by atoms with Gasteiger partial charge in [0.15, 0.2) is 0 Å². The van der Waals surface area contributed by atoms with E-state index < -0.39 is 0 Å². The van der Waals surface area contributed by atoms with Crippen LogP contribution in [0.2, 0.25) is 5.02 Å². The van der Waals surface area contributed by atoms with E-state index in [-0.39, 0.29) is 0 Å². The topological polar surface area (TPSA) is 41.6 Å². The summed E-state index contributed by atoms with van der Waals surface area (Å²) in [5, 5.41) is 10.3. The van der Waals surface area contributed by atoms with E-state index in [9.17, 15) is 5.26 Å². The van der Waals surface area contributed by atoms with E-state index in [0.717, 1.165) is 76.4 Å². The van der Waals surface area contributed by atoms with Crippen molar-refractivity contribution in [2.24, 2.45) is 0 Å². The van der Waals surface area contributed by atoms with Gasteiger partial charge in [-0.15, -0.1) is 0 Å². The van der Waals surface area contributed by atoms with Gasteiger partial charge in [0.1, 0.15) is 5.82 Å². The molecule has 1 aromatic heterocycles. The number of rotatable bonds is 5. The highest BCUT2D eigenvalue weighted by molar-refractivity contribution is 6.30. The second kappa shape index (κ2) is 10.6. The Morgan fingerprint density at radius 1 is 0.923 bits per heavy atom. The number of hydrogen-bond acceptors (Lipinski definition) is 2. The van der Waals surface area contributed by atoms with Gasteiger partial charge in [0, 0.05) is 24.1 Å². The van der Waals surface area contributed by atoms with Crippen LogP contribution >= 0.6 is 11.6 Å². The van der Waals surface area contributed by atoms with E-state index in [1.807, 2.05) is 18.2 Å². The van der Waals surface area contributed by atoms with E-state index in [1.54, 1.807) is 6.08 Å². The van der Waals surface area contributed by atoms with Crippen LogP contribution in [0.15, 0.2) is 84.9 Å². The first-order chi connectivity index (χ1) is 19.1. The molecule has 39 heavy (non-hydrogen) atoms. The highest BCUT2D eigenvalue weighted by Gasteiger charge is 2.20. The molecule has 0 saturated carbocycles. The van der Waals surface area contributed by atoms with Crippen molar-refractivity contribution >= 4 is 28.2 Å². The highest BCUT2D eigenvalue weighted by Crippen LogP contribution is 2.35. The number of benzene rings is 4. The Morgan fingerprint density at radius 3 is 2.56 bits per heavy atom. The number of nitriles is 1. The minimum atomic E-state index is 0.738. The molecule has 4 aromatic carbocycles. The van der Waals surface area contributed by atoms with Crippen molar-refractivity contribution in [1.82, 2.24) is 9.55 Å². The predicted molar refractivity (Wildman–Crippen MR) is 161 cm³/mol. The fraction of sp³-hybridized carbons (Fsp3) is 0.200. The standard InChI is InChI=1S/C35H30ClN3/c1-3-7-34-38-35-23(2)18-28(26-9-6-10-29(36)20-26)21-33(35)39(34)22-24-12-15-31-27(19-24)14-13-25-8-4-5-11-30(25)32(31)16-17-37/h4-6,8-12,15-16,18-21H,3,7,13-14,22H2,1-2H3/b32-16+. The zero-order chi connectivity index (χ0) is 26.9. The van der Waals surface area contributed by atoms with Crippen molar-refractivity contribution in [2.75, 3.05) is 0 Å². The molecule has 0 N–H and O–H groups in total. The van der Waals surface area contributed by atoms with Gasteiger partial charge in [-0.1, -0.05) is 73.1 Å². The lowest BCUT2D eigenvalue weighted by Crippen LogP contribution is -2.06. The molecule has 0 spiro atoms. The summed E-state index contributed by atoms with van der Waals surface area (Å²) in [6.07, 6.45) is 5.58. The van der Waals surface area contributed by atoms with Crippen LogP contribution in [-0.4, -0.2) is 9.55 Å². The van der Waals surface area contributed by atoms with Crippen molar-refractivity contribution < 1.29 is 0 Å². The number of nitrogens with zero attached hydrogens (tertiary/aromatic N) is 3. The Labute approximate surface area is 235 Å². The third-order valence-electron chi connectivity index (χ3n) is 7.74. The zero-order valence-electron chi connectivity index (χ0n) is 22.3. The molecule has 0 bridgehead atoms. The Bertz CT molecular complexity index is 1780. The van der Waals surface area contributed by atoms with Crippen molar-refractivity contribution in [3.63, 3.8) is 0 Å². The average Bonchev–Trinajstić information content (AvgIpc) is 3.20. The van der Waals surface area contributed by atoms with Crippen LogP contribution in [-0.2, 0) is 25.8 Å². The molecule has 0 fully saturated rings. The first-order valence-electron chi connectivity index (χ1n) is 13.6. The largest absolute Gasteiger partial charge is 0.323 e. The summed E-state index contributed by atoms with van der Waals surface area (Å²) in [5.74, 6) is 1.12. The fourth-order valence-corrected chi connectivity index (χ4v) is 6.09. The SMILES string of the molecule is CCCc1nc2c(C)cc(-c3cccc(Cl)c3)cc2n1Cc1ccc2c(c1)CCc1ccccc1/C2=C\C#N. The molecule has 192 valence electrons. The van der Waals surface area contributed by atoms with E-state index in [4.69, 9.17) is 16.6 Å². The maximum Gasteiger partial charge on any atom is 0.110 e. The number of allylic oxidation sites excluding steroid dienone is 1. The van der Waals surface area contributed by atoms with Gasteiger partial charge < -0.3 is 4.57 Å². The Balaban J connectivity index is 1.44. The molecule has 1 aliphatic carbocycles. The Morgan fingerprint density at radius 2 is 1.74 bits per heavy atom. The lowest BCUT2D eigenvalue weighted by Gasteiger charge is -2.14. The van der Waals surface area contributed by atoms with Gasteiger partial charge >= 0.3 is 0 Å². The monoisotopic (exact) mass is 527 g/mol. The zero-order valence-corrected chi connectivity index (χ0v) is 23.1. The molecule has 3 nitrogen and oxygen atoms in total. The minimum Gasteiger partial charge on any atom is -0.323 e. The van der Waals surface area contributed by atoms with Crippen molar-refractivity contribution in [2.45, 2.75) is 46.1 Å². The molecule has 0 amide bonds. The van der Waals surface area contributed by atoms with E-state index in [2.05, 4.69) is 85.1 Å². The maximum atomic E-state index is 9.57. The van der Waals surface area contributed by atoms with Crippen molar-refractivity contribution in [1.29, 1.82) is 5.26 Å². The third-order valence-corrected chi connectivity index (χ3v) is 7.97. The summed E-state index contributed by atoms with van der Waals surface area (Å²) >= 11 is 6.33. The number of fused-ring (bicyclic) bond motifs is 3.